The van der Waals surface area contributed by atoms with E-state index in [4.69, 9.17) is 4.74 Å². The molecule has 9 heteroatoms. The van der Waals surface area contributed by atoms with Crippen LogP contribution in [0, 0.1) is 0 Å². The Kier molecular flexibility index (Phi) is 9.08. The molecule has 1 saturated heterocycles. The van der Waals surface area contributed by atoms with Gasteiger partial charge in [-0.25, -0.2) is 13.2 Å². The molecule has 0 aliphatic carbocycles. The van der Waals surface area contributed by atoms with E-state index in [1.165, 1.54) is 0 Å². The number of hydrogen-bond donors (Lipinski definition) is 1. The molecule has 0 radical (unpaired) electrons. The fourth-order valence-corrected chi connectivity index (χ4v) is 4.82. The van der Waals surface area contributed by atoms with Crippen LogP contribution in [0.4, 0.5) is 0 Å². The summed E-state index contributed by atoms with van der Waals surface area (Å²) in [4.78, 5) is 18.7. The minimum Gasteiger partial charge on any atom is -0.457 e. The van der Waals surface area contributed by atoms with Crippen molar-refractivity contribution in [1.29, 1.82) is 0 Å². The van der Waals surface area contributed by atoms with Crippen LogP contribution < -0.4 is 5.32 Å². The molecule has 32 heavy (non-hydrogen) atoms. The monoisotopic (exact) mass is 571 g/mol. The van der Waals surface area contributed by atoms with Gasteiger partial charge in [0.25, 0.3) is 0 Å². The molecule has 0 saturated carbocycles. The average Bonchev–Trinajstić information content (AvgIpc) is 2.76. The van der Waals surface area contributed by atoms with E-state index in [-0.39, 0.29) is 42.3 Å². The number of aliphatic imine (C=N–C) groups is 1. The van der Waals surface area contributed by atoms with Crippen LogP contribution >= 0.6 is 24.0 Å². The number of benzene rings is 2. The summed E-state index contributed by atoms with van der Waals surface area (Å²) in [5, 5.41) is 3.27. The molecular formula is C23H30IN3O4S. The summed E-state index contributed by atoms with van der Waals surface area (Å²) in [6.45, 7) is 4.94. The molecule has 0 unspecified atom stereocenters. The van der Waals surface area contributed by atoms with Crippen molar-refractivity contribution in [2.75, 3.05) is 25.9 Å². The van der Waals surface area contributed by atoms with Crippen molar-refractivity contribution in [3.63, 3.8) is 0 Å². The van der Waals surface area contributed by atoms with Crippen molar-refractivity contribution in [2.45, 2.75) is 31.7 Å². The number of halogens is 1. The largest absolute Gasteiger partial charge is 0.457 e. The number of sulfone groups is 1. The van der Waals surface area contributed by atoms with Gasteiger partial charge in [-0.15, -0.1) is 24.0 Å². The Labute approximate surface area is 207 Å². The summed E-state index contributed by atoms with van der Waals surface area (Å²) in [6.07, 6.45) is 0. The maximum Gasteiger partial charge on any atom is 0.338 e. The van der Waals surface area contributed by atoms with Crippen molar-refractivity contribution in [1.82, 2.24) is 10.2 Å². The first-order chi connectivity index (χ1) is 14.7. The number of nitrogens with zero attached hydrogens (tertiary/aromatic N) is 2. The highest BCUT2D eigenvalue weighted by molar-refractivity contribution is 14.0. The highest BCUT2D eigenvalue weighted by Crippen LogP contribution is 2.23. The van der Waals surface area contributed by atoms with E-state index in [0.717, 1.165) is 11.1 Å². The Balaban J connectivity index is 0.00000363. The van der Waals surface area contributed by atoms with Crippen molar-refractivity contribution >= 4 is 45.7 Å². The van der Waals surface area contributed by atoms with E-state index in [9.17, 15) is 13.2 Å². The fraction of sp³-hybridized carbons (Fsp3) is 0.391. The highest BCUT2D eigenvalue weighted by Gasteiger charge is 2.40. The van der Waals surface area contributed by atoms with Crippen LogP contribution in [0.25, 0.3) is 0 Å². The van der Waals surface area contributed by atoms with Gasteiger partial charge in [0, 0.05) is 26.7 Å². The van der Waals surface area contributed by atoms with Crippen LogP contribution in [0.1, 0.15) is 35.3 Å². The first-order valence-corrected chi connectivity index (χ1v) is 11.8. The number of carbonyl (C=O) groups excluding carboxylic acids is 1. The molecular weight excluding hydrogens is 541 g/mol. The van der Waals surface area contributed by atoms with Gasteiger partial charge in [0.1, 0.15) is 6.61 Å². The smallest absolute Gasteiger partial charge is 0.338 e. The molecule has 7 nitrogen and oxygen atoms in total. The SMILES string of the molecule is CN=C(NCc1cccc(C(=O)OCc2ccccc2)c1)N1CCS(=O)(=O)C(C)(C)C1.I. The zero-order chi connectivity index (χ0) is 22.5. The van der Waals surface area contributed by atoms with Crippen LogP contribution in [0.5, 0.6) is 0 Å². The van der Waals surface area contributed by atoms with Gasteiger partial charge >= 0.3 is 5.97 Å². The van der Waals surface area contributed by atoms with Crippen LogP contribution in [0.15, 0.2) is 59.6 Å². The zero-order valence-corrected chi connectivity index (χ0v) is 21.7. The minimum absolute atomic E-state index is 0. The number of hydrogen-bond acceptors (Lipinski definition) is 5. The van der Waals surface area contributed by atoms with Crippen LogP contribution in [-0.2, 0) is 27.7 Å². The second-order valence-corrected chi connectivity index (χ2v) is 10.9. The Morgan fingerprint density at radius 3 is 2.47 bits per heavy atom. The fourth-order valence-electron chi connectivity index (χ4n) is 3.45. The Morgan fingerprint density at radius 1 is 1.12 bits per heavy atom. The Hall–Kier alpha value is -2.14. The minimum atomic E-state index is -3.12. The average molecular weight is 571 g/mol. The van der Waals surface area contributed by atoms with Gasteiger partial charge in [-0.3, -0.25) is 4.99 Å². The third-order valence-electron chi connectivity index (χ3n) is 5.38. The third kappa shape index (κ3) is 6.44. The lowest BCUT2D eigenvalue weighted by Crippen LogP contribution is -2.57. The second-order valence-electron chi connectivity index (χ2n) is 8.16. The summed E-state index contributed by atoms with van der Waals surface area (Å²) in [6, 6.07) is 16.8. The number of nitrogens with one attached hydrogen (secondary N) is 1. The Morgan fingerprint density at radius 2 is 1.81 bits per heavy atom. The van der Waals surface area contributed by atoms with Gasteiger partial charge in [0.05, 0.1) is 16.1 Å². The molecule has 0 amide bonds. The standard InChI is InChI=1S/C23H29N3O4S.HI/c1-23(2)17-26(12-13-31(23,28)29)22(24-3)25-15-19-10-7-11-20(14-19)21(27)30-16-18-8-5-4-6-9-18;/h4-11,14H,12-13,15-17H2,1-3H3,(H,24,25);1H. The number of esters is 1. The van der Waals surface area contributed by atoms with E-state index < -0.39 is 14.6 Å². The molecule has 0 bridgehead atoms. The van der Waals surface area contributed by atoms with E-state index in [2.05, 4.69) is 10.3 Å². The second kappa shape index (κ2) is 11.1. The van der Waals surface area contributed by atoms with Gasteiger partial charge in [-0.2, -0.15) is 0 Å². The lowest BCUT2D eigenvalue weighted by Gasteiger charge is -2.39. The normalized spacial score (nSPS) is 17.2. The first-order valence-electron chi connectivity index (χ1n) is 10.2. The lowest BCUT2D eigenvalue weighted by atomic mass is 10.1. The first kappa shape index (κ1) is 26.1. The number of guanidine groups is 1. The van der Waals surface area contributed by atoms with Gasteiger partial charge in [-0.05, 0) is 37.1 Å². The molecule has 1 aliphatic rings. The number of rotatable bonds is 5. The van der Waals surface area contributed by atoms with Crippen molar-refractivity contribution < 1.29 is 17.9 Å². The van der Waals surface area contributed by atoms with Gasteiger partial charge in [0.2, 0.25) is 0 Å². The Bertz CT molecular complexity index is 1060. The predicted octanol–water partition coefficient (Wildman–Crippen LogP) is 3.25. The van der Waals surface area contributed by atoms with E-state index in [1.807, 2.05) is 47.4 Å². The molecule has 174 valence electrons. The summed E-state index contributed by atoms with van der Waals surface area (Å²) in [5.74, 6) is 0.363. The topological polar surface area (TPSA) is 88.1 Å². The molecule has 1 fully saturated rings. The predicted molar refractivity (Wildman–Crippen MR) is 137 cm³/mol. The number of carbonyl (C=O) groups is 1. The number of ether oxygens (including phenoxy) is 1. The van der Waals surface area contributed by atoms with Crippen LogP contribution in [0.2, 0.25) is 0 Å². The zero-order valence-electron chi connectivity index (χ0n) is 18.6. The van der Waals surface area contributed by atoms with Crippen molar-refractivity contribution in [2.24, 2.45) is 4.99 Å². The van der Waals surface area contributed by atoms with Crippen LogP contribution in [0.3, 0.4) is 0 Å². The maximum atomic E-state index is 12.4. The summed E-state index contributed by atoms with van der Waals surface area (Å²) >= 11 is 0. The molecule has 2 aromatic rings. The van der Waals surface area contributed by atoms with E-state index in [1.54, 1.807) is 33.0 Å². The van der Waals surface area contributed by atoms with Gasteiger partial charge in [0.15, 0.2) is 15.8 Å². The molecule has 0 spiro atoms. The molecule has 0 aromatic heterocycles. The maximum absolute atomic E-state index is 12.4. The van der Waals surface area contributed by atoms with E-state index in [0.29, 0.717) is 31.2 Å². The molecule has 2 aromatic carbocycles. The summed E-state index contributed by atoms with van der Waals surface area (Å²) in [7, 11) is -1.44. The quantitative estimate of drug-likeness (QED) is 0.257. The highest BCUT2D eigenvalue weighted by atomic mass is 127. The molecule has 3 rings (SSSR count). The van der Waals surface area contributed by atoms with Gasteiger partial charge in [-0.1, -0.05) is 42.5 Å². The van der Waals surface area contributed by atoms with E-state index >= 15 is 0 Å². The molecule has 1 heterocycles. The molecule has 1 N–H and O–H groups in total. The van der Waals surface area contributed by atoms with Crippen molar-refractivity contribution in [3.05, 3.63) is 71.3 Å². The summed E-state index contributed by atoms with van der Waals surface area (Å²) < 4.78 is 29.1. The molecule has 0 atom stereocenters. The van der Waals surface area contributed by atoms with Crippen molar-refractivity contribution in [3.8, 4) is 0 Å². The molecule has 1 aliphatic heterocycles. The van der Waals surface area contributed by atoms with Gasteiger partial charge < -0.3 is 15.0 Å². The summed E-state index contributed by atoms with van der Waals surface area (Å²) in [5.41, 5.74) is 2.32. The van der Waals surface area contributed by atoms with Crippen LogP contribution in [-0.4, -0.2) is 55.9 Å². The lowest BCUT2D eigenvalue weighted by molar-refractivity contribution is 0.0472. The third-order valence-corrected chi connectivity index (χ3v) is 7.91.